The van der Waals surface area contributed by atoms with Crippen molar-refractivity contribution < 1.29 is 9.90 Å². The topological polar surface area (TPSA) is 37.3 Å². The summed E-state index contributed by atoms with van der Waals surface area (Å²) in [5.41, 5.74) is 0.753. The highest BCUT2D eigenvalue weighted by atomic mass is 16.3. The molecule has 0 heterocycles. The number of carbonyl (C=O) groups is 1. The molecule has 0 atom stereocenters. The van der Waals surface area contributed by atoms with Crippen molar-refractivity contribution in [3.63, 3.8) is 0 Å². The van der Waals surface area contributed by atoms with E-state index in [1.807, 2.05) is 24.3 Å². The van der Waals surface area contributed by atoms with Crippen LogP contribution >= 0.6 is 0 Å². The fourth-order valence-electron chi connectivity index (χ4n) is 2.65. The molecular weight excluding hydrogens is 224 g/mol. The first-order valence-electron chi connectivity index (χ1n) is 6.90. The average molecular weight is 246 g/mol. The molecule has 0 aromatic heterocycles. The van der Waals surface area contributed by atoms with Gasteiger partial charge in [0.05, 0.1) is 0 Å². The van der Waals surface area contributed by atoms with Crippen LogP contribution in [0.15, 0.2) is 24.3 Å². The SMILES string of the molecule is CC(C)c1ccc(C(=O)C2(O)CCCCC2)cc1. The number of hydrogen-bond acceptors (Lipinski definition) is 2. The molecule has 1 fully saturated rings. The van der Waals surface area contributed by atoms with E-state index in [1.165, 1.54) is 5.56 Å². The van der Waals surface area contributed by atoms with Crippen LogP contribution in [-0.2, 0) is 0 Å². The Morgan fingerprint density at radius 1 is 1.11 bits per heavy atom. The van der Waals surface area contributed by atoms with Crippen LogP contribution < -0.4 is 0 Å². The molecule has 2 heteroatoms. The zero-order valence-electron chi connectivity index (χ0n) is 11.3. The quantitative estimate of drug-likeness (QED) is 0.826. The second-order valence-electron chi connectivity index (χ2n) is 5.70. The van der Waals surface area contributed by atoms with E-state index in [-0.39, 0.29) is 5.78 Å². The van der Waals surface area contributed by atoms with Crippen molar-refractivity contribution in [2.75, 3.05) is 0 Å². The molecule has 0 radical (unpaired) electrons. The Morgan fingerprint density at radius 2 is 1.67 bits per heavy atom. The fourth-order valence-corrected chi connectivity index (χ4v) is 2.65. The molecule has 2 nitrogen and oxygen atoms in total. The summed E-state index contributed by atoms with van der Waals surface area (Å²) in [7, 11) is 0. The molecular formula is C16H22O2. The van der Waals surface area contributed by atoms with Crippen LogP contribution in [0.1, 0.15) is 67.8 Å². The number of hydrogen-bond donors (Lipinski definition) is 1. The van der Waals surface area contributed by atoms with E-state index >= 15 is 0 Å². The van der Waals surface area contributed by atoms with Crippen molar-refractivity contribution in [1.29, 1.82) is 0 Å². The van der Waals surface area contributed by atoms with Crippen LogP contribution in [0.2, 0.25) is 0 Å². The molecule has 0 amide bonds. The van der Waals surface area contributed by atoms with Gasteiger partial charge in [-0.15, -0.1) is 0 Å². The maximum absolute atomic E-state index is 12.4. The summed E-state index contributed by atoms with van der Waals surface area (Å²) in [4.78, 5) is 12.4. The van der Waals surface area contributed by atoms with Gasteiger partial charge in [0.2, 0.25) is 0 Å². The first-order chi connectivity index (χ1) is 8.53. The Labute approximate surface area is 109 Å². The zero-order valence-corrected chi connectivity index (χ0v) is 11.3. The summed E-state index contributed by atoms with van der Waals surface area (Å²) in [6.07, 6.45) is 4.25. The number of Topliss-reactive ketones (excluding diaryl/α,β-unsaturated/α-hetero) is 1. The molecule has 1 aromatic carbocycles. The van der Waals surface area contributed by atoms with Gasteiger partial charge in [0, 0.05) is 5.56 Å². The molecule has 0 aliphatic heterocycles. The number of rotatable bonds is 3. The van der Waals surface area contributed by atoms with E-state index in [0.29, 0.717) is 24.3 Å². The maximum atomic E-state index is 12.4. The Balaban J connectivity index is 2.17. The molecule has 98 valence electrons. The highest BCUT2D eigenvalue weighted by Gasteiger charge is 2.37. The van der Waals surface area contributed by atoms with Gasteiger partial charge in [-0.2, -0.15) is 0 Å². The van der Waals surface area contributed by atoms with Crippen molar-refractivity contribution in [2.24, 2.45) is 0 Å². The third-order valence-corrected chi connectivity index (χ3v) is 3.94. The van der Waals surface area contributed by atoms with Crippen LogP contribution in [0.3, 0.4) is 0 Å². The minimum absolute atomic E-state index is 0.0995. The first-order valence-corrected chi connectivity index (χ1v) is 6.90. The van der Waals surface area contributed by atoms with Gasteiger partial charge in [0.25, 0.3) is 0 Å². The van der Waals surface area contributed by atoms with Gasteiger partial charge in [-0.3, -0.25) is 4.79 Å². The van der Waals surface area contributed by atoms with Crippen molar-refractivity contribution in [3.05, 3.63) is 35.4 Å². The first kappa shape index (κ1) is 13.3. The van der Waals surface area contributed by atoms with Crippen LogP contribution in [-0.4, -0.2) is 16.5 Å². The predicted octanol–water partition coefficient (Wildman–Crippen LogP) is 3.69. The summed E-state index contributed by atoms with van der Waals surface area (Å²) >= 11 is 0. The van der Waals surface area contributed by atoms with Crippen LogP contribution in [0.25, 0.3) is 0 Å². The van der Waals surface area contributed by atoms with Crippen LogP contribution in [0.5, 0.6) is 0 Å². The van der Waals surface area contributed by atoms with Gasteiger partial charge in [0.1, 0.15) is 5.60 Å². The van der Waals surface area contributed by atoms with Crippen molar-refractivity contribution in [1.82, 2.24) is 0 Å². The largest absolute Gasteiger partial charge is 0.382 e. The summed E-state index contributed by atoms with van der Waals surface area (Å²) in [6.45, 7) is 4.26. The van der Waals surface area contributed by atoms with Crippen LogP contribution in [0.4, 0.5) is 0 Å². The molecule has 0 unspecified atom stereocenters. The number of aliphatic hydroxyl groups is 1. The summed E-state index contributed by atoms with van der Waals surface area (Å²) in [5, 5.41) is 10.4. The lowest BCUT2D eigenvalue weighted by atomic mass is 9.79. The Bertz CT molecular complexity index is 411. The van der Waals surface area contributed by atoms with E-state index in [9.17, 15) is 9.90 Å². The minimum atomic E-state index is -1.11. The average Bonchev–Trinajstić information content (AvgIpc) is 2.39. The Hall–Kier alpha value is -1.15. The molecule has 1 aromatic rings. The summed E-state index contributed by atoms with van der Waals surface area (Å²) in [6, 6.07) is 7.68. The van der Waals surface area contributed by atoms with E-state index in [1.54, 1.807) is 0 Å². The van der Waals surface area contributed by atoms with E-state index < -0.39 is 5.60 Å². The van der Waals surface area contributed by atoms with Gasteiger partial charge >= 0.3 is 0 Å². The van der Waals surface area contributed by atoms with Crippen molar-refractivity contribution in [3.8, 4) is 0 Å². The van der Waals surface area contributed by atoms with E-state index in [2.05, 4.69) is 13.8 Å². The highest BCUT2D eigenvalue weighted by Crippen LogP contribution is 2.31. The summed E-state index contributed by atoms with van der Waals surface area (Å²) < 4.78 is 0. The van der Waals surface area contributed by atoms with E-state index in [0.717, 1.165) is 19.3 Å². The van der Waals surface area contributed by atoms with Gasteiger partial charge in [-0.05, 0) is 24.3 Å². The molecule has 1 aliphatic carbocycles. The van der Waals surface area contributed by atoms with Gasteiger partial charge in [0.15, 0.2) is 5.78 Å². The van der Waals surface area contributed by atoms with Gasteiger partial charge in [-0.1, -0.05) is 57.4 Å². The van der Waals surface area contributed by atoms with Crippen molar-refractivity contribution >= 4 is 5.78 Å². The third kappa shape index (κ3) is 2.64. The molecule has 1 N–H and O–H groups in total. The highest BCUT2D eigenvalue weighted by molar-refractivity contribution is 6.02. The molecule has 0 spiro atoms. The second kappa shape index (κ2) is 5.23. The predicted molar refractivity (Wildman–Crippen MR) is 72.9 cm³/mol. The van der Waals surface area contributed by atoms with Crippen LogP contribution in [0, 0.1) is 0 Å². The molecule has 0 bridgehead atoms. The smallest absolute Gasteiger partial charge is 0.194 e. The normalized spacial score (nSPS) is 18.9. The molecule has 2 rings (SSSR count). The lowest BCUT2D eigenvalue weighted by molar-refractivity contribution is 0.0116. The Morgan fingerprint density at radius 3 is 2.17 bits per heavy atom. The monoisotopic (exact) mass is 246 g/mol. The number of ketones is 1. The lowest BCUT2D eigenvalue weighted by Gasteiger charge is -2.30. The molecule has 1 saturated carbocycles. The molecule has 1 aliphatic rings. The van der Waals surface area contributed by atoms with Crippen molar-refractivity contribution in [2.45, 2.75) is 57.5 Å². The zero-order chi connectivity index (χ0) is 13.2. The van der Waals surface area contributed by atoms with Gasteiger partial charge < -0.3 is 5.11 Å². The number of carbonyl (C=O) groups excluding carboxylic acids is 1. The standard InChI is InChI=1S/C16H22O2/c1-12(2)13-6-8-14(9-7-13)15(17)16(18)10-4-3-5-11-16/h6-9,12,18H,3-5,10-11H2,1-2H3. The Kier molecular flexibility index (Phi) is 3.86. The summed E-state index contributed by atoms with van der Waals surface area (Å²) in [5.74, 6) is 0.365. The number of benzene rings is 1. The molecule has 18 heavy (non-hydrogen) atoms. The third-order valence-electron chi connectivity index (χ3n) is 3.94. The minimum Gasteiger partial charge on any atom is -0.382 e. The lowest BCUT2D eigenvalue weighted by Crippen LogP contribution is -2.40. The van der Waals surface area contributed by atoms with E-state index in [4.69, 9.17) is 0 Å². The molecule has 0 saturated heterocycles. The second-order valence-corrected chi connectivity index (χ2v) is 5.70. The maximum Gasteiger partial charge on any atom is 0.194 e. The fraction of sp³-hybridized carbons (Fsp3) is 0.562. The van der Waals surface area contributed by atoms with Gasteiger partial charge in [-0.25, -0.2) is 0 Å².